The highest BCUT2D eigenvalue weighted by atomic mass is 19.3. The van der Waals surface area contributed by atoms with Gasteiger partial charge < -0.3 is 5.11 Å². The van der Waals surface area contributed by atoms with Gasteiger partial charge in [-0.2, -0.15) is 8.78 Å². The predicted molar refractivity (Wildman–Crippen MR) is 30.2 cm³/mol. The maximum Gasteiger partial charge on any atom is 0.311 e. The van der Waals surface area contributed by atoms with Gasteiger partial charge in [-0.05, 0) is 6.42 Å². The number of carboxylic acid groups (broad SMARTS) is 1. The second kappa shape index (κ2) is 2.60. The second-order valence-corrected chi connectivity index (χ2v) is 2.76. The molecule has 0 aromatic rings. The molecule has 0 aromatic heterocycles. The summed E-state index contributed by atoms with van der Waals surface area (Å²) < 4.78 is 47.9. The van der Waals surface area contributed by atoms with Gasteiger partial charge in [0.2, 0.25) is 0 Å². The van der Waals surface area contributed by atoms with E-state index >= 15 is 0 Å². The fourth-order valence-electron chi connectivity index (χ4n) is 1.06. The molecular weight excluding hydrogens is 180 g/mol. The Morgan fingerprint density at radius 2 is 2.00 bits per heavy atom. The van der Waals surface area contributed by atoms with Gasteiger partial charge in [-0.25, -0.2) is 8.78 Å². The number of hydrogen-bond donors (Lipinski definition) is 1. The third-order valence-corrected chi connectivity index (χ3v) is 1.89. The normalized spacial score (nSPS) is 29.1. The van der Waals surface area contributed by atoms with Gasteiger partial charge in [-0.15, -0.1) is 0 Å². The molecule has 2 atom stereocenters. The molecule has 12 heavy (non-hydrogen) atoms. The molecule has 0 amide bonds. The lowest BCUT2D eigenvalue weighted by Crippen LogP contribution is -2.30. The number of carbonyl (C=O) groups is 1. The summed E-state index contributed by atoms with van der Waals surface area (Å²) in [6.45, 7) is 0. The van der Waals surface area contributed by atoms with E-state index in [4.69, 9.17) is 5.11 Å². The minimum Gasteiger partial charge on any atom is -0.481 e. The van der Waals surface area contributed by atoms with Crippen molar-refractivity contribution in [2.75, 3.05) is 0 Å². The van der Waals surface area contributed by atoms with Gasteiger partial charge in [0, 0.05) is 5.92 Å². The van der Waals surface area contributed by atoms with Crippen molar-refractivity contribution in [3.63, 3.8) is 0 Å². The van der Waals surface area contributed by atoms with Crippen LogP contribution in [-0.4, -0.2) is 23.4 Å². The van der Waals surface area contributed by atoms with Crippen molar-refractivity contribution >= 4 is 5.97 Å². The lowest BCUT2D eigenvalue weighted by Gasteiger charge is -2.13. The summed E-state index contributed by atoms with van der Waals surface area (Å²) in [5.41, 5.74) is 0. The first-order valence-corrected chi connectivity index (χ1v) is 3.26. The van der Waals surface area contributed by atoms with Crippen LogP contribution in [0.1, 0.15) is 6.42 Å². The van der Waals surface area contributed by atoms with E-state index in [9.17, 15) is 22.4 Å². The number of halogens is 4. The number of aliphatic carboxylic acids is 1. The lowest BCUT2D eigenvalue weighted by atomic mass is 10.2. The van der Waals surface area contributed by atoms with E-state index in [1.165, 1.54) is 0 Å². The van der Waals surface area contributed by atoms with Gasteiger partial charge in [0.15, 0.2) is 0 Å². The predicted octanol–water partition coefficient (Wildman–Crippen LogP) is 1.61. The Kier molecular flexibility index (Phi) is 2.01. The summed E-state index contributed by atoms with van der Waals surface area (Å²) in [5, 5.41) is 8.19. The molecule has 0 aliphatic heterocycles. The molecule has 1 N–H and O–H groups in total. The minimum atomic E-state index is -4.15. The number of rotatable bonds is 3. The average molecular weight is 186 g/mol. The molecule has 0 radical (unpaired) electrons. The number of alkyl halides is 4. The Morgan fingerprint density at radius 1 is 1.50 bits per heavy atom. The topological polar surface area (TPSA) is 37.3 Å². The summed E-state index contributed by atoms with van der Waals surface area (Å²) in [6.07, 6.45) is -4.13. The summed E-state index contributed by atoms with van der Waals surface area (Å²) in [6, 6.07) is 0. The molecular formula is C6H6F4O2. The molecule has 0 heterocycles. The minimum absolute atomic E-state index is 0.354. The van der Waals surface area contributed by atoms with Gasteiger partial charge in [-0.3, -0.25) is 4.79 Å². The quantitative estimate of drug-likeness (QED) is 0.680. The maximum atomic E-state index is 12.3. The third-order valence-electron chi connectivity index (χ3n) is 1.89. The fraction of sp³-hybridized carbons (Fsp3) is 0.833. The first-order chi connectivity index (χ1) is 5.37. The van der Waals surface area contributed by atoms with Crippen LogP contribution >= 0.6 is 0 Å². The van der Waals surface area contributed by atoms with Crippen molar-refractivity contribution in [2.24, 2.45) is 11.8 Å². The van der Waals surface area contributed by atoms with Crippen LogP contribution in [0.3, 0.4) is 0 Å². The molecule has 6 heteroatoms. The van der Waals surface area contributed by atoms with Crippen LogP contribution in [0.15, 0.2) is 0 Å². The van der Waals surface area contributed by atoms with Crippen LogP contribution in [0.25, 0.3) is 0 Å². The van der Waals surface area contributed by atoms with Crippen molar-refractivity contribution in [2.45, 2.75) is 18.8 Å². The third kappa shape index (κ3) is 1.37. The highest BCUT2D eigenvalue weighted by Gasteiger charge is 2.62. The molecule has 0 saturated heterocycles. The zero-order chi connectivity index (χ0) is 9.52. The highest BCUT2D eigenvalue weighted by molar-refractivity contribution is 5.73. The lowest BCUT2D eigenvalue weighted by molar-refractivity contribution is -0.155. The van der Waals surface area contributed by atoms with Gasteiger partial charge in [-0.1, -0.05) is 0 Å². The standard InChI is InChI=1S/C6H6F4O2/c7-5(8)6(9,10)3-1-2(3)4(11)12/h2-3,5H,1H2,(H,11,12). The molecule has 1 aliphatic rings. The maximum absolute atomic E-state index is 12.3. The van der Waals surface area contributed by atoms with Crippen LogP contribution in [-0.2, 0) is 4.79 Å². The Hall–Kier alpha value is -0.810. The molecule has 1 aliphatic carbocycles. The summed E-state index contributed by atoms with van der Waals surface area (Å²) >= 11 is 0. The molecule has 0 spiro atoms. The van der Waals surface area contributed by atoms with Crippen LogP contribution in [0.5, 0.6) is 0 Å². The largest absolute Gasteiger partial charge is 0.481 e. The molecule has 70 valence electrons. The second-order valence-electron chi connectivity index (χ2n) is 2.76. The van der Waals surface area contributed by atoms with Crippen molar-refractivity contribution in [1.82, 2.24) is 0 Å². The molecule has 0 aromatic carbocycles. The van der Waals surface area contributed by atoms with Crippen LogP contribution in [0.2, 0.25) is 0 Å². The summed E-state index contributed by atoms with van der Waals surface area (Å²) in [4.78, 5) is 10.1. The van der Waals surface area contributed by atoms with E-state index in [-0.39, 0.29) is 6.42 Å². The molecule has 2 nitrogen and oxygen atoms in total. The molecule has 2 unspecified atom stereocenters. The molecule has 1 saturated carbocycles. The van der Waals surface area contributed by atoms with Crippen molar-refractivity contribution in [1.29, 1.82) is 0 Å². The number of hydrogen-bond acceptors (Lipinski definition) is 1. The summed E-state index contributed by atoms with van der Waals surface area (Å²) in [5.74, 6) is -8.56. The Balaban J connectivity index is 2.57. The highest BCUT2D eigenvalue weighted by Crippen LogP contribution is 2.51. The Bertz CT molecular complexity index is 204. The van der Waals surface area contributed by atoms with Crippen molar-refractivity contribution < 1.29 is 27.5 Å². The summed E-state index contributed by atoms with van der Waals surface area (Å²) in [7, 11) is 0. The first kappa shape index (κ1) is 9.28. The van der Waals surface area contributed by atoms with E-state index in [2.05, 4.69) is 0 Å². The number of carboxylic acids is 1. The average Bonchev–Trinajstić information content (AvgIpc) is 2.63. The van der Waals surface area contributed by atoms with E-state index in [0.717, 1.165) is 0 Å². The van der Waals surface area contributed by atoms with E-state index in [0.29, 0.717) is 0 Å². The van der Waals surface area contributed by atoms with Crippen LogP contribution < -0.4 is 0 Å². The smallest absolute Gasteiger partial charge is 0.311 e. The van der Waals surface area contributed by atoms with Crippen molar-refractivity contribution in [3.8, 4) is 0 Å². The van der Waals surface area contributed by atoms with Gasteiger partial charge in [0.05, 0.1) is 5.92 Å². The SMILES string of the molecule is O=C(O)C1CC1C(F)(F)C(F)F. The Labute approximate surface area is 65.2 Å². The zero-order valence-electron chi connectivity index (χ0n) is 5.81. The Morgan fingerprint density at radius 3 is 2.25 bits per heavy atom. The van der Waals surface area contributed by atoms with Gasteiger partial charge in [0.1, 0.15) is 0 Å². The van der Waals surface area contributed by atoms with Crippen LogP contribution in [0, 0.1) is 11.8 Å². The van der Waals surface area contributed by atoms with Gasteiger partial charge in [0.25, 0.3) is 0 Å². The molecule has 1 fully saturated rings. The van der Waals surface area contributed by atoms with Gasteiger partial charge >= 0.3 is 18.3 Å². The van der Waals surface area contributed by atoms with E-state index in [1.54, 1.807) is 0 Å². The monoisotopic (exact) mass is 186 g/mol. The molecule has 1 rings (SSSR count). The fourth-order valence-corrected chi connectivity index (χ4v) is 1.06. The zero-order valence-corrected chi connectivity index (χ0v) is 5.81. The first-order valence-electron chi connectivity index (χ1n) is 3.26. The van der Waals surface area contributed by atoms with Crippen LogP contribution in [0.4, 0.5) is 17.6 Å². The molecule has 0 bridgehead atoms. The van der Waals surface area contributed by atoms with E-state index in [1.807, 2.05) is 0 Å². The van der Waals surface area contributed by atoms with Crippen molar-refractivity contribution in [3.05, 3.63) is 0 Å². The van der Waals surface area contributed by atoms with E-state index < -0.39 is 30.2 Å².